The fourth-order valence-corrected chi connectivity index (χ4v) is 3.16. The lowest BCUT2D eigenvalue weighted by molar-refractivity contribution is 0.547. The van der Waals surface area contributed by atoms with E-state index in [1.54, 1.807) is 4.72 Å². The molecule has 0 aromatic heterocycles. The number of sulfonamides is 1. The Morgan fingerprint density at radius 3 is 2.14 bits per heavy atom. The van der Waals surface area contributed by atoms with E-state index in [-0.39, 0.29) is 10.6 Å². The summed E-state index contributed by atoms with van der Waals surface area (Å²) in [6.45, 7) is 0. The smallest absolute Gasteiger partial charge is 0.264 e. The first-order valence-electron chi connectivity index (χ1n) is 5.43. The molecule has 2 aromatic rings. The first-order chi connectivity index (χ1) is 9.70. The van der Waals surface area contributed by atoms with Crippen LogP contribution in [0.25, 0.3) is 0 Å². The van der Waals surface area contributed by atoms with Gasteiger partial charge in [-0.3, -0.25) is 4.72 Å². The lowest BCUT2D eigenvalue weighted by atomic mass is 10.3. The van der Waals surface area contributed by atoms with Crippen molar-refractivity contribution in [2.24, 2.45) is 0 Å². The first-order valence-corrected chi connectivity index (χ1v) is 7.71. The topological polar surface area (TPSA) is 72.2 Å². The number of anilines is 2. The number of benzene rings is 2. The maximum Gasteiger partial charge on any atom is 0.264 e. The van der Waals surface area contributed by atoms with Gasteiger partial charge >= 0.3 is 0 Å². The molecule has 0 atom stereocenters. The van der Waals surface area contributed by atoms with Crippen LogP contribution in [0.3, 0.4) is 0 Å². The van der Waals surface area contributed by atoms with Crippen LogP contribution in [0, 0.1) is 17.5 Å². The molecule has 3 N–H and O–H groups in total. The average Bonchev–Trinajstić information content (AvgIpc) is 2.33. The van der Waals surface area contributed by atoms with Gasteiger partial charge in [0.25, 0.3) is 10.0 Å². The Morgan fingerprint density at radius 1 is 1.05 bits per heavy atom. The molecule has 4 nitrogen and oxygen atoms in total. The predicted molar refractivity (Wildman–Crippen MR) is 75.7 cm³/mol. The van der Waals surface area contributed by atoms with Crippen molar-refractivity contribution >= 4 is 37.3 Å². The summed E-state index contributed by atoms with van der Waals surface area (Å²) in [6, 6.07) is 4.63. The molecule has 0 aliphatic heterocycles. The average molecular weight is 381 g/mol. The Labute approximate surface area is 127 Å². The van der Waals surface area contributed by atoms with Crippen LogP contribution in [0.2, 0.25) is 0 Å². The molecule has 112 valence electrons. The minimum Gasteiger partial charge on any atom is -0.398 e. The second-order valence-electron chi connectivity index (χ2n) is 4.03. The van der Waals surface area contributed by atoms with E-state index in [0.29, 0.717) is 16.6 Å². The molecule has 0 fully saturated rings. The third kappa shape index (κ3) is 3.30. The molecule has 0 unspecified atom stereocenters. The summed E-state index contributed by atoms with van der Waals surface area (Å²) in [6.07, 6.45) is 0. The molecule has 9 heteroatoms. The molecule has 0 saturated carbocycles. The van der Waals surface area contributed by atoms with Crippen molar-refractivity contribution in [2.75, 3.05) is 10.5 Å². The summed E-state index contributed by atoms with van der Waals surface area (Å²) in [5.41, 5.74) is 4.48. The third-order valence-electron chi connectivity index (χ3n) is 2.50. The van der Waals surface area contributed by atoms with Crippen molar-refractivity contribution in [2.45, 2.75) is 4.90 Å². The predicted octanol–water partition coefficient (Wildman–Crippen LogP) is 3.25. The zero-order valence-electron chi connectivity index (χ0n) is 10.2. The van der Waals surface area contributed by atoms with Gasteiger partial charge in [-0.15, -0.1) is 0 Å². The van der Waals surface area contributed by atoms with E-state index < -0.39 is 33.2 Å². The number of rotatable bonds is 3. The number of hydrogen-bond acceptors (Lipinski definition) is 3. The second kappa shape index (κ2) is 5.57. The van der Waals surface area contributed by atoms with Crippen LogP contribution in [-0.2, 0) is 10.0 Å². The van der Waals surface area contributed by atoms with Gasteiger partial charge in [0.05, 0.1) is 5.69 Å². The highest BCUT2D eigenvalue weighted by atomic mass is 79.9. The molecule has 0 saturated heterocycles. The summed E-state index contributed by atoms with van der Waals surface area (Å²) in [4.78, 5) is -0.353. The van der Waals surface area contributed by atoms with Gasteiger partial charge in [0.15, 0.2) is 11.6 Å². The Hall–Kier alpha value is -1.74. The van der Waals surface area contributed by atoms with Crippen molar-refractivity contribution in [1.82, 2.24) is 0 Å². The van der Waals surface area contributed by atoms with Gasteiger partial charge < -0.3 is 5.73 Å². The van der Waals surface area contributed by atoms with Crippen molar-refractivity contribution in [3.05, 3.63) is 52.3 Å². The SMILES string of the molecule is Nc1cc(Br)ccc1S(=O)(=O)Nc1c(F)cc(F)cc1F. The maximum absolute atomic E-state index is 13.5. The van der Waals surface area contributed by atoms with Crippen LogP contribution in [0.1, 0.15) is 0 Å². The number of nitrogens with one attached hydrogen (secondary N) is 1. The third-order valence-corrected chi connectivity index (χ3v) is 4.42. The zero-order valence-corrected chi connectivity index (χ0v) is 12.6. The molecule has 0 aliphatic rings. The van der Waals surface area contributed by atoms with E-state index in [1.165, 1.54) is 18.2 Å². The highest BCUT2D eigenvalue weighted by Gasteiger charge is 2.22. The maximum atomic E-state index is 13.5. The van der Waals surface area contributed by atoms with Crippen molar-refractivity contribution in [3.8, 4) is 0 Å². The van der Waals surface area contributed by atoms with Crippen LogP contribution < -0.4 is 10.5 Å². The Balaban J connectivity index is 2.47. The Kier molecular flexibility index (Phi) is 4.15. The van der Waals surface area contributed by atoms with E-state index >= 15 is 0 Å². The fraction of sp³-hybridized carbons (Fsp3) is 0. The Bertz CT molecular complexity index is 789. The van der Waals surface area contributed by atoms with Gasteiger partial charge in [-0.25, -0.2) is 21.6 Å². The zero-order chi connectivity index (χ0) is 15.8. The molecular formula is C12H8BrF3N2O2S. The van der Waals surface area contributed by atoms with Crippen molar-refractivity contribution in [1.29, 1.82) is 0 Å². The van der Waals surface area contributed by atoms with Crippen LogP contribution in [0.5, 0.6) is 0 Å². The molecule has 2 rings (SSSR count). The minimum absolute atomic E-state index is 0.111. The van der Waals surface area contributed by atoms with E-state index in [9.17, 15) is 21.6 Å². The summed E-state index contributed by atoms with van der Waals surface area (Å²) in [7, 11) is -4.32. The van der Waals surface area contributed by atoms with Crippen molar-refractivity contribution in [3.63, 3.8) is 0 Å². The minimum atomic E-state index is -4.32. The molecule has 0 radical (unpaired) electrons. The standard InChI is InChI=1S/C12H8BrF3N2O2S/c13-6-1-2-11(10(17)3-6)21(19,20)18-12-8(15)4-7(14)5-9(12)16/h1-5,18H,17H2. The molecule has 0 heterocycles. The monoisotopic (exact) mass is 380 g/mol. The van der Waals surface area contributed by atoms with Gasteiger partial charge in [0.2, 0.25) is 0 Å². The van der Waals surface area contributed by atoms with E-state index in [4.69, 9.17) is 5.73 Å². The van der Waals surface area contributed by atoms with Crippen LogP contribution in [0.15, 0.2) is 39.7 Å². The molecular weight excluding hydrogens is 373 g/mol. The summed E-state index contributed by atoms with van der Waals surface area (Å²) >= 11 is 3.10. The Morgan fingerprint density at radius 2 is 1.62 bits per heavy atom. The second-order valence-corrected chi connectivity index (χ2v) is 6.60. The molecule has 2 aromatic carbocycles. The number of nitrogen functional groups attached to an aromatic ring is 1. The van der Waals surface area contributed by atoms with E-state index in [1.807, 2.05) is 0 Å². The van der Waals surface area contributed by atoms with Crippen LogP contribution >= 0.6 is 15.9 Å². The largest absolute Gasteiger partial charge is 0.398 e. The lowest BCUT2D eigenvalue weighted by Gasteiger charge is -2.12. The van der Waals surface area contributed by atoms with Gasteiger partial charge in [-0.05, 0) is 18.2 Å². The van der Waals surface area contributed by atoms with Gasteiger partial charge in [-0.2, -0.15) is 0 Å². The first kappa shape index (κ1) is 15.6. The molecule has 0 amide bonds. The van der Waals surface area contributed by atoms with Crippen LogP contribution in [0.4, 0.5) is 24.5 Å². The van der Waals surface area contributed by atoms with Crippen LogP contribution in [-0.4, -0.2) is 8.42 Å². The normalized spacial score (nSPS) is 11.4. The molecule has 0 aliphatic carbocycles. The van der Waals surface area contributed by atoms with Gasteiger partial charge in [-0.1, -0.05) is 15.9 Å². The van der Waals surface area contributed by atoms with Gasteiger partial charge in [0, 0.05) is 16.6 Å². The summed E-state index contributed by atoms with van der Waals surface area (Å²) in [5, 5.41) is 0. The van der Waals surface area contributed by atoms with E-state index in [2.05, 4.69) is 15.9 Å². The molecule has 0 spiro atoms. The number of halogens is 4. The number of nitrogens with two attached hydrogens (primary N) is 1. The molecule has 21 heavy (non-hydrogen) atoms. The lowest BCUT2D eigenvalue weighted by Crippen LogP contribution is -2.17. The van der Waals surface area contributed by atoms with E-state index in [0.717, 1.165) is 0 Å². The van der Waals surface area contributed by atoms with Crippen molar-refractivity contribution < 1.29 is 21.6 Å². The highest BCUT2D eigenvalue weighted by Crippen LogP contribution is 2.27. The number of hydrogen-bond donors (Lipinski definition) is 2. The quantitative estimate of drug-likeness (QED) is 0.802. The summed E-state index contributed by atoms with van der Waals surface area (Å²) in [5.74, 6) is -3.89. The highest BCUT2D eigenvalue weighted by molar-refractivity contribution is 9.10. The fourth-order valence-electron chi connectivity index (χ4n) is 1.59. The summed E-state index contributed by atoms with van der Waals surface area (Å²) < 4.78 is 66.2. The van der Waals surface area contributed by atoms with Gasteiger partial charge in [0.1, 0.15) is 16.4 Å². The molecule has 0 bridgehead atoms.